The van der Waals surface area contributed by atoms with Crippen molar-refractivity contribution in [1.29, 1.82) is 0 Å². The van der Waals surface area contributed by atoms with Gasteiger partial charge in [0, 0.05) is 24.3 Å². The molecule has 2 aromatic carbocycles. The molecule has 1 aromatic heterocycles. The molecule has 0 radical (unpaired) electrons. The molecule has 3 amide bonds. The van der Waals surface area contributed by atoms with Crippen molar-refractivity contribution < 1.29 is 28.3 Å². The minimum absolute atomic E-state index is 0.153. The molecule has 3 rings (SSSR count). The third-order valence-electron chi connectivity index (χ3n) is 4.38. The number of hydrogen-bond acceptors (Lipinski definition) is 6. The van der Waals surface area contributed by atoms with Crippen molar-refractivity contribution in [1.82, 2.24) is 10.6 Å². The van der Waals surface area contributed by atoms with E-state index in [4.69, 9.17) is 13.9 Å². The van der Waals surface area contributed by atoms with Gasteiger partial charge in [0.1, 0.15) is 11.5 Å². The Morgan fingerprint density at radius 3 is 2.06 bits per heavy atom. The van der Waals surface area contributed by atoms with Gasteiger partial charge in [-0.3, -0.25) is 14.4 Å². The Kier molecular flexibility index (Phi) is 8.47. The van der Waals surface area contributed by atoms with Crippen LogP contribution in [0.4, 0.5) is 5.69 Å². The average molecular weight is 451 g/mol. The molecule has 172 valence electrons. The highest BCUT2D eigenvalue weighted by molar-refractivity contribution is 5.96. The van der Waals surface area contributed by atoms with E-state index in [9.17, 15) is 14.4 Å². The van der Waals surface area contributed by atoms with E-state index in [2.05, 4.69) is 16.0 Å². The number of nitrogens with one attached hydrogen (secondary N) is 3. The SMILES string of the molecule is CCOc1ccc(OCC(=O)Nc2ccc(C(=O)NCCNC(=O)c3ccco3)cc2)cc1. The van der Waals surface area contributed by atoms with Crippen LogP contribution in [0.2, 0.25) is 0 Å². The van der Waals surface area contributed by atoms with Crippen LogP contribution in [0.3, 0.4) is 0 Å². The molecule has 1 heterocycles. The number of carbonyl (C=O) groups excluding carboxylic acids is 3. The van der Waals surface area contributed by atoms with E-state index in [-0.39, 0.29) is 43.2 Å². The Labute approximate surface area is 191 Å². The minimum atomic E-state index is -0.346. The van der Waals surface area contributed by atoms with Gasteiger partial charge in [-0.15, -0.1) is 0 Å². The zero-order valence-electron chi connectivity index (χ0n) is 18.1. The summed E-state index contributed by atoms with van der Waals surface area (Å²) in [5, 5.41) is 8.06. The first kappa shape index (κ1) is 23.4. The number of furan rings is 1. The van der Waals surface area contributed by atoms with Crippen LogP contribution in [0, 0.1) is 0 Å². The van der Waals surface area contributed by atoms with E-state index in [1.54, 1.807) is 60.7 Å². The second-order valence-corrected chi connectivity index (χ2v) is 6.81. The summed E-state index contributed by atoms with van der Waals surface area (Å²) in [6.07, 6.45) is 1.41. The van der Waals surface area contributed by atoms with Crippen molar-refractivity contribution >= 4 is 23.4 Å². The van der Waals surface area contributed by atoms with Gasteiger partial charge in [-0.2, -0.15) is 0 Å². The molecule has 0 aliphatic heterocycles. The van der Waals surface area contributed by atoms with Crippen molar-refractivity contribution in [3.05, 3.63) is 78.3 Å². The first-order valence-electron chi connectivity index (χ1n) is 10.4. The number of amides is 3. The van der Waals surface area contributed by atoms with Crippen LogP contribution >= 0.6 is 0 Å². The van der Waals surface area contributed by atoms with Gasteiger partial charge in [0.2, 0.25) is 0 Å². The molecule has 0 spiro atoms. The summed E-state index contributed by atoms with van der Waals surface area (Å²) >= 11 is 0. The Morgan fingerprint density at radius 2 is 1.45 bits per heavy atom. The van der Waals surface area contributed by atoms with Gasteiger partial charge in [0.25, 0.3) is 17.7 Å². The molecule has 0 aliphatic rings. The van der Waals surface area contributed by atoms with Crippen LogP contribution in [0.25, 0.3) is 0 Å². The smallest absolute Gasteiger partial charge is 0.287 e. The highest BCUT2D eigenvalue weighted by Crippen LogP contribution is 2.17. The molecular formula is C24H25N3O6. The predicted molar refractivity (Wildman–Crippen MR) is 122 cm³/mol. The number of benzene rings is 2. The highest BCUT2D eigenvalue weighted by atomic mass is 16.5. The molecule has 0 saturated carbocycles. The van der Waals surface area contributed by atoms with Crippen molar-refractivity contribution in [2.75, 3.05) is 31.6 Å². The van der Waals surface area contributed by atoms with Crippen LogP contribution < -0.4 is 25.4 Å². The summed E-state index contributed by atoms with van der Waals surface area (Å²) in [5.74, 6) is 0.537. The first-order chi connectivity index (χ1) is 16.0. The third-order valence-corrected chi connectivity index (χ3v) is 4.38. The number of hydrogen-bond donors (Lipinski definition) is 3. The Morgan fingerprint density at radius 1 is 0.818 bits per heavy atom. The molecule has 3 N–H and O–H groups in total. The molecule has 9 heteroatoms. The molecule has 0 unspecified atom stereocenters. The number of carbonyl (C=O) groups is 3. The van der Waals surface area contributed by atoms with E-state index in [0.29, 0.717) is 23.6 Å². The summed E-state index contributed by atoms with van der Waals surface area (Å²) in [6.45, 7) is 2.84. The lowest BCUT2D eigenvalue weighted by molar-refractivity contribution is -0.118. The molecule has 0 aliphatic carbocycles. The Bertz CT molecular complexity index is 1050. The Balaban J connectivity index is 1.37. The normalized spacial score (nSPS) is 10.2. The van der Waals surface area contributed by atoms with Crippen LogP contribution in [-0.2, 0) is 4.79 Å². The monoisotopic (exact) mass is 451 g/mol. The van der Waals surface area contributed by atoms with Crippen LogP contribution in [-0.4, -0.2) is 44.0 Å². The quantitative estimate of drug-likeness (QED) is 0.386. The van der Waals surface area contributed by atoms with E-state index in [0.717, 1.165) is 5.75 Å². The molecule has 3 aromatic rings. The zero-order valence-corrected chi connectivity index (χ0v) is 18.1. The summed E-state index contributed by atoms with van der Waals surface area (Å²) < 4.78 is 15.8. The maximum atomic E-state index is 12.2. The summed E-state index contributed by atoms with van der Waals surface area (Å²) in [7, 11) is 0. The molecule has 0 atom stereocenters. The zero-order chi connectivity index (χ0) is 23.5. The van der Waals surface area contributed by atoms with Gasteiger partial charge in [-0.25, -0.2) is 0 Å². The first-order valence-corrected chi connectivity index (χ1v) is 10.4. The van der Waals surface area contributed by atoms with Crippen LogP contribution in [0.15, 0.2) is 71.3 Å². The van der Waals surface area contributed by atoms with Gasteiger partial charge in [0.05, 0.1) is 12.9 Å². The second-order valence-electron chi connectivity index (χ2n) is 6.81. The largest absolute Gasteiger partial charge is 0.494 e. The minimum Gasteiger partial charge on any atom is -0.494 e. The summed E-state index contributed by atoms with van der Waals surface area (Å²) in [6, 6.07) is 16.6. The third kappa shape index (κ3) is 7.42. The van der Waals surface area contributed by atoms with Gasteiger partial charge >= 0.3 is 0 Å². The number of ether oxygens (including phenoxy) is 2. The topological polar surface area (TPSA) is 119 Å². The maximum Gasteiger partial charge on any atom is 0.287 e. The van der Waals surface area contributed by atoms with Crippen molar-refractivity contribution in [2.45, 2.75) is 6.92 Å². The van der Waals surface area contributed by atoms with E-state index < -0.39 is 0 Å². The fourth-order valence-electron chi connectivity index (χ4n) is 2.80. The van der Waals surface area contributed by atoms with Gasteiger partial charge in [0.15, 0.2) is 12.4 Å². The van der Waals surface area contributed by atoms with Crippen LogP contribution in [0.5, 0.6) is 11.5 Å². The van der Waals surface area contributed by atoms with E-state index in [1.807, 2.05) is 6.92 Å². The molecule has 0 bridgehead atoms. The Hall–Kier alpha value is -4.27. The molecule has 0 saturated heterocycles. The number of anilines is 1. The van der Waals surface area contributed by atoms with Crippen molar-refractivity contribution in [2.24, 2.45) is 0 Å². The van der Waals surface area contributed by atoms with Crippen LogP contribution in [0.1, 0.15) is 27.8 Å². The molecular weight excluding hydrogens is 426 g/mol. The summed E-state index contributed by atoms with van der Waals surface area (Å²) in [5.41, 5.74) is 0.966. The lowest BCUT2D eigenvalue weighted by atomic mass is 10.2. The van der Waals surface area contributed by atoms with Gasteiger partial charge in [-0.1, -0.05) is 0 Å². The maximum absolute atomic E-state index is 12.2. The predicted octanol–water partition coefficient (Wildman–Crippen LogP) is 2.86. The lowest BCUT2D eigenvalue weighted by Crippen LogP contribution is -2.34. The fraction of sp³-hybridized carbons (Fsp3) is 0.208. The molecule has 0 fully saturated rings. The van der Waals surface area contributed by atoms with Crippen molar-refractivity contribution in [3.63, 3.8) is 0 Å². The van der Waals surface area contributed by atoms with Gasteiger partial charge < -0.3 is 29.8 Å². The highest BCUT2D eigenvalue weighted by Gasteiger charge is 2.09. The van der Waals surface area contributed by atoms with E-state index >= 15 is 0 Å². The molecule has 33 heavy (non-hydrogen) atoms. The molecule has 9 nitrogen and oxygen atoms in total. The average Bonchev–Trinajstić information content (AvgIpc) is 3.37. The van der Waals surface area contributed by atoms with Gasteiger partial charge in [-0.05, 0) is 67.6 Å². The fourth-order valence-corrected chi connectivity index (χ4v) is 2.80. The summed E-state index contributed by atoms with van der Waals surface area (Å²) in [4.78, 5) is 36.1. The van der Waals surface area contributed by atoms with Crippen molar-refractivity contribution in [3.8, 4) is 11.5 Å². The lowest BCUT2D eigenvalue weighted by Gasteiger charge is -2.09. The number of rotatable bonds is 11. The standard InChI is InChI=1S/C24H25N3O6/c1-2-31-19-9-11-20(12-10-19)33-16-22(28)27-18-7-5-17(6-8-18)23(29)25-13-14-26-24(30)21-4-3-15-32-21/h3-12,15H,2,13-14,16H2,1H3,(H,25,29)(H,26,30)(H,27,28). The van der Waals surface area contributed by atoms with E-state index in [1.165, 1.54) is 6.26 Å². The second kappa shape index (κ2) is 11.9.